The maximum Gasteiger partial charge on any atom is 0.433 e. The van der Waals surface area contributed by atoms with Crippen LogP contribution in [0, 0.1) is 19.7 Å². The van der Waals surface area contributed by atoms with E-state index < -0.39 is 23.6 Å². The van der Waals surface area contributed by atoms with Crippen molar-refractivity contribution in [3.8, 4) is 5.75 Å². The summed E-state index contributed by atoms with van der Waals surface area (Å²) in [5.74, 6) is -1.03. The van der Waals surface area contributed by atoms with E-state index in [1.807, 2.05) is 0 Å². The van der Waals surface area contributed by atoms with Gasteiger partial charge in [-0.05, 0) is 42.7 Å². The van der Waals surface area contributed by atoms with Gasteiger partial charge in [-0.2, -0.15) is 13.2 Å². The summed E-state index contributed by atoms with van der Waals surface area (Å²) in [4.78, 5) is 17.3. The predicted molar refractivity (Wildman–Crippen MR) is 91.4 cm³/mol. The van der Waals surface area contributed by atoms with Crippen molar-refractivity contribution >= 4 is 11.7 Å². The number of alkyl halides is 3. The number of nitrogens with zero attached hydrogens (tertiary/aromatic N) is 2. The van der Waals surface area contributed by atoms with Crippen LogP contribution >= 0.6 is 0 Å². The third kappa shape index (κ3) is 3.61. The van der Waals surface area contributed by atoms with Crippen LogP contribution < -0.4 is 9.64 Å². The van der Waals surface area contributed by atoms with E-state index in [0.717, 1.165) is 6.07 Å². The zero-order valence-corrected chi connectivity index (χ0v) is 15.0. The van der Waals surface area contributed by atoms with Gasteiger partial charge in [0.25, 0.3) is 0 Å². The monoisotopic (exact) mass is 382 g/mol. The molecule has 0 unspecified atom stereocenters. The molecule has 1 saturated heterocycles. The molecule has 1 aliphatic rings. The average molecular weight is 382 g/mol. The van der Waals surface area contributed by atoms with Crippen LogP contribution in [0.4, 0.5) is 23.4 Å². The molecular weight excluding hydrogens is 364 g/mol. The Morgan fingerprint density at radius 2 is 1.89 bits per heavy atom. The van der Waals surface area contributed by atoms with Gasteiger partial charge in [-0.25, -0.2) is 9.37 Å². The molecule has 0 radical (unpaired) electrons. The summed E-state index contributed by atoms with van der Waals surface area (Å²) in [5, 5.41) is 0. The Morgan fingerprint density at radius 3 is 2.48 bits per heavy atom. The van der Waals surface area contributed by atoms with Gasteiger partial charge in [0.2, 0.25) is 5.91 Å². The van der Waals surface area contributed by atoms with Crippen molar-refractivity contribution in [1.29, 1.82) is 0 Å². The molecule has 3 rings (SSSR count). The van der Waals surface area contributed by atoms with E-state index in [4.69, 9.17) is 4.74 Å². The molecule has 0 N–H and O–H groups in total. The number of pyridine rings is 1. The Hall–Kier alpha value is -2.64. The Bertz CT molecular complexity index is 873. The minimum atomic E-state index is -4.61. The van der Waals surface area contributed by atoms with Gasteiger partial charge in [-0.15, -0.1) is 0 Å². The predicted octanol–water partition coefficient (Wildman–Crippen LogP) is 4.39. The summed E-state index contributed by atoms with van der Waals surface area (Å²) in [6, 6.07) is 5.07. The SMILES string of the molecule is COc1cc(C)c([C@H]2CC(=O)N(c3nc(C(F)(F)F)ccc3C)C2)c(F)c1. The molecule has 2 heterocycles. The standard InChI is InChI=1S/C19H18F4N2O2/c1-10-4-5-15(19(21,22)23)24-18(10)25-9-12(7-16(25)26)17-11(2)6-13(27-3)8-14(17)20/h4-6,8,12H,7,9H2,1-3H3/t12-/m0/s1. The highest BCUT2D eigenvalue weighted by Gasteiger charge is 2.38. The molecule has 1 atom stereocenters. The highest BCUT2D eigenvalue weighted by molar-refractivity contribution is 5.96. The van der Waals surface area contributed by atoms with E-state index in [0.29, 0.717) is 22.4 Å². The van der Waals surface area contributed by atoms with E-state index in [1.54, 1.807) is 19.9 Å². The largest absolute Gasteiger partial charge is 0.497 e. The number of methoxy groups -OCH3 is 1. The normalized spacial score (nSPS) is 17.5. The van der Waals surface area contributed by atoms with E-state index >= 15 is 0 Å². The summed E-state index contributed by atoms with van der Waals surface area (Å²) in [5.41, 5.74) is 0.381. The van der Waals surface area contributed by atoms with Crippen LogP contribution in [0.5, 0.6) is 5.75 Å². The number of hydrogen-bond acceptors (Lipinski definition) is 3. The van der Waals surface area contributed by atoms with Gasteiger partial charge < -0.3 is 4.74 Å². The third-order valence-electron chi connectivity index (χ3n) is 4.70. The molecule has 0 saturated carbocycles. The van der Waals surface area contributed by atoms with Crippen LogP contribution in [-0.2, 0) is 11.0 Å². The fourth-order valence-electron chi connectivity index (χ4n) is 3.41. The van der Waals surface area contributed by atoms with E-state index in [2.05, 4.69) is 4.98 Å². The van der Waals surface area contributed by atoms with E-state index in [9.17, 15) is 22.4 Å². The fraction of sp³-hybridized carbons (Fsp3) is 0.368. The van der Waals surface area contributed by atoms with Crippen LogP contribution in [-0.4, -0.2) is 24.5 Å². The average Bonchev–Trinajstić information content (AvgIpc) is 2.94. The van der Waals surface area contributed by atoms with Crippen molar-refractivity contribution in [3.63, 3.8) is 0 Å². The number of carbonyl (C=O) groups excluding carboxylic acids is 1. The van der Waals surface area contributed by atoms with Gasteiger partial charge in [0.1, 0.15) is 23.1 Å². The first-order valence-corrected chi connectivity index (χ1v) is 8.31. The van der Waals surface area contributed by atoms with Gasteiger partial charge >= 0.3 is 6.18 Å². The second kappa shape index (κ2) is 6.83. The lowest BCUT2D eigenvalue weighted by Gasteiger charge is -2.20. The number of hydrogen-bond donors (Lipinski definition) is 0. The second-order valence-corrected chi connectivity index (χ2v) is 6.58. The molecule has 0 spiro atoms. The van der Waals surface area contributed by atoms with Gasteiger partial charge in [-0.3, -0.25) is 9.69 Å². The maximum absolute atomic E-state index is 14.5. The van der Waals surface area contributed by atoms with Gasteiger partial charge in [0.15, 0.2) is 0 Å². The lowest BCUT2D eigenvalue weighted by Crippen LogP contribution is -2.27. The van der Waals surface area contributed by atoms with Crippen molar-refractivity contribution in [2.75, 3.05) is 18.6 Å². The van der Waals surface area contributed by atoms with Crippen molar-refractivity contribution in [1.82, 2.24) is 4.98 Å². The number of anilines is 1. The highest BCUT2D eigenvalue weighted by atomic mass is 19.4. The van der Waals surface area contributed by atoms with E-state index in [-0.39, 0.29) is 24.7 Å². The zero-order chi connectivity index (χ0) is 19.9. The van der Waals surface area contributed by atoms with Crippen molar-refractivity contribution < 1.29 is 27.1 Å². The Labute approximate surface area is 153 Å². The highest BCUT2D eigenvalue weighted by Crippen LogP contribution is 2.37. The molecule has 0 bridgehead atoms. The second-order valence-electron chi connectivity index (χ2n) is 6.58. The van der Waals surface area contributed by atoms with E-state index in [1.165, 1.54) is 24.1 Å². The molecule has 4 nitrogen and oxygen atoms in total. The maximum atomic E-state index is 14.5. The number of halogens is 4. The van der Waals surface area contributed by atoms with Crippen LogP contribution in [0.25, 0.3) is 0 Å². The molecule has 8 heteroatoms. The quantitative estimate of drug-likeness (QED) is 0.740. The first kappa shape index (κ1) is 19.1. The van der Waals surface area contributed by atoms with Gasteiger partial charge in [0, 0.05) is 24.9 Å². The molecule has 2 aromatic rings. The van der Waals surface area contributed by atoms with Crippen molar-refractivity contribution in [3.05, 3.63) is 52.5 Å². The Kier molecular flexibility index (Phi) is 4.84. The topological polar surface area (TPSA) is 42.4 Å². The molecular formula is C19H18F4N2O2. The molecule has 1 fully saturated rings. The summed E-state index contributed by atoms with van der Waals surface area (Å²) in [7, 11) is 1.43. The first-order chi connectivity index (χ1) is 12.6. The lowest BCUT2D eigenvalue weighted by atomic mass is 9.93. The van der Waals surface area contributed by atoms with Crippen molar-refractivity contribution in [2.24, 2.45) is 0 Å². The summed E-state index contributed by atoms with van der Waals surface area (Å²) in [6.45, 7) is 3.36. The summed E-state index contributed by atoms with van der Waals surface area (Å²) >= 11 is 0. The van der Waals surface area contributed by atoms with Crippen molar-refractivity contribution in [2.45, 2.75) is 32.4 Å². The van der Waals surface area contributed by atoms with Crippen LogP contribution in [0.15, 0.2) is 24.3 Å². The summed E-state index contributed by atoms with van der Waals surface area (Å²) < 4.78 is 58.5. The van der Waals surface area contributed by atoms with Crippen LogP contribution in [0.3, 0.4) is 0 Å². The molecule has 1 amide bonds. The number of aryl methyl sites for hydroxylation is 2. The van der Waals surface area contributed by atoms with Crippen LogP contribution in [0.1, 0.15) is 34.7 Å². The molecule has 1 aromatic carbocycles. The number of ether oxygens (including phenoxy) is 1. The first-order valence-electron chi connectivity index (χ1n) is 8.31. The Balaban J connectivity index is 1.96. The van der Waals surface area contributed by atoms with Crippen LogP contribution in [0.2, 0.25) is 0 Å². The molecule has 1 aromatic heterocycles. The Morgan fingerprint density at radius 1 is 1.19 bits per heavy atom. The molecule has 0 aliphatic carbocycles. The minimum absolute atomic E-state index is 0.00144. The van der Waals surface area contributed by atoms with Gasteiger partial charge in [-0.1, -0.05) is 6.07 Å². The smallest absolute Gasteiger partial charge is 0.433 e. The lowest BCUT2D eigenvalue weighted by molar-refractivity contribution is -0.141. The number of aromatic nitrogens is 1. The van der Waals surface area contributed by atoms with Gasteiger partial charge in [0.05, 0.1) is 7.11 Å². The minimum Gasteiger partial charge on any atom is -0.497 e. The molecule has 1 aliphatic heterocycles. The molecule has 27 heavy (non-hydrogen) atoms. The third-order valence-corrected chi connectivity index (χ3v) is 4.70. The zero-order valence-electron chi connectivity index (χ0n) is 15.0. The number of amides is 1. The number of rotatable bonds is 3. The molecule has 144 valence electrons. The number of carbonyl (C=O) groups is 1. The summed E-state index contributed by atoms with van der Waals surface area (Å²) in [6.07, 6.45) is -4.61. The number of benzene rings is 1. The fourth-order valence-corrected chi connectivity index (χ4v) is 3.41.